The fourth-order valence-electron chi connectivity index (χ4n) is 2.55. The molecular weight excluding hydrogens is 282 g/mol. The standard InChI is InChI=1S/C13H14BrNO2/c1-8-6-9(2)11(14)12(17)10(8)13(15-7-16)4-3-5-13/h6,17H,3-5H2,1-2H3. The van der Waals surface area contributed by atoms with Gasteiger partial charge in [0.05, 0.1) is 4.47 Å². The van der Waals surface area contributed by atoms with Gasteiger partial charge in [0, 0.05) is 5.56 Å². The van der Waals surface area contributed by atoms with Crippen LogP contribution in [0.25, 0.3) is 0 Å². The van der Waals surface area contributed by atoms with Crippen LogP contribution in [0.2, 0.25) is 0 Å². The van der Waals surface area contributed by atoms with Crippen LogP contribution in [-0.4, -0.2) is 11.2 Å². The molecular formula is C13H14BrNO2. The van der Waals surface area contributed by atoms with Gasteiger partial charge in [0.15, 0.2) is 0 Å². The molecule has 0 radical (unpaired) electrons. The first-order valence-corrected chi connectivity index (χ1v) is 6.39. The molecule has 3 nitrogen and oxygen atoms in total. The van der Waals surface area contributed by atoms with Crippen LogP contribution in [0.1, 0.15) is 36.0 Å². The highest BCUT2D eigenvalue weighted by Gasteiger charge is 2.42. The van der Waals surface area contributed by atoms with Crippen LogP contribution in [-0.2, 0) is 10.3 Å². The van der Waals surface area contributed by atoms with E-state index in [1.807, 2.05) is 19.9 Å². The lowest BCUT2D eigenvalue weighted by Crippen LogP contribution is -2.33. The highest BCUT2D eigenvalue weighted by Crippen LogP contribution is 2.51. The van der Waals surface area contributed by atoms with E-state index in [9.17, 15) is 9.90 Å². The average molecular weight is 296 g/mol. The summed E-state index contributed by atoms with van der Waals surface area (Å²) in [6.45, 7) is 3.87. The minimum Gasteiger partial charge on any atom is -0.506 e. The monoisotopic (exact) mass is 295 g/mol. The van der Waals surface area contributed by atoms with E-state index in [0.29, 0.717) is 4.47 Å². The molecule has 0 aromatic heterocycles. The van der Waals surface area contributed by atoms with E-state index in [2.05, 4.69) is 20.9 Å². The molecule has 2 rings (SSSR count). The lowest BCUT2D eigenvalue weighted by atomic mass is 9.70. The van der Waals surface area contributed by atoms with E-state index in [1.165, 1.54) is 0 Å². The third-order valence-electron chi connectivity index (χ3n) is 3.52. The van der Waals surface area contributed by atoms with Crippen LogP contribution < -0.4 is 0 Å². The normalized spacial score (nSPS) is 17.1. The number of rotatable bonds is 2. The smallest absolute Gasteiger partial charge is 0.235 e. The lowest BCUT2D eigenvalue weighted by molar-refractivity contribution is 0.246. The Morgan fingerprint density at radius 3 is 2.53 bits per heavy atom. The number of phenolic OH excluding ortho intramolecular Hbond substituents is 1. The summed E-state index contributed by atoms with van der Waals surface area (Å²) in [6, 6.07) is 2.00. The number of hydrogen-bond acceptors (Lipinski definition) is 3. The molecule has 1 aromatic carbocycles. The molecule has 0 spiro atoms. The zero-order valence-electron chi connectivity index (χ0n) is 9.88. The van der Waals surface area contributed by atoms with Crippen LogP contribution >= 0.6 is 15.9 Å². The second kappa shape index (κ2) is 4.28. The summed E-state index contributed by atoms with van der Waals surface area (Å²) in [5.41, 5.74) is 2.17. The van der Waals surface area contributed by atoms with E-state index >= 15 is 0 Å². The van der Waals surface area contributed by atoms with Crippen LogP contribution in [0, 0.1) is 13.8 Å². The van der Waals surface area contributed by atoms with Crippen molar-refractivity contribution >= 4 is 22.0 Å². The molecule has 1 fully saturated rings. The number of hydrogen-bond donors (Lipinski definition) is 1. The Bertz CT molecular complexity index is 515. The zero-order valence-corrected chi connectivity index (χ0v) is 11.5. The van der Waals surface area contributed by atoms with Crippen LogP contribution in [0.4, 0.5) is 0 Å². The minimum absolute atomic E-state index is 0.209. The molecule has 90 valence electrons. The Labute approximate surface area is 109 Å². The highest BCUT2D eigenvalue weighted by molar-refractivity contribution is 9.10. The largest absolute Gasteiger partial charge is 0.506 e. The van der Waals surface area contributed by atoms with Crippen molar-refractivity contribution in [2.75, 3.05) is 0 Å². The molecule has 1 aromatic rings. The number of aryl methyl sites for hydroxylation is 2. The number of halogens is 1. The second-order valence-electron chi connectivity index (χ2n) is 4.64. The van der Waals surface area contributed by atoms with Crippen LogP contribution in [0.15, 0.2) is 15.5 Å². The van der Waals surface area contributed by atoms with Gasteiger partial charge in [-0.1, -0.05) is 6.07 Å². The maximum absolute atomic E-state index is 10.6. The van der Waals surface area contributed by atoms with Gasteiger partial charge in [0.25, 0.3) is 0 Å². The Morgan fingerprint density at radius 1 is 1.41 bits per heavy atom. The Balaban J connectivity index is 2.66. The van der Waals surface area contributed by atoms with Crippen molar-refractivity contribution in [1.82, 2.24) is 0 Å². The van der Waals surface area contributed by atoms with Crippen molar-refractivity contribution in [2.24, 2.45) is 4.99 Å². The molecule has 0 aliphatic heterocycles. The predicted octanol–water partition coefficient (Wildman–Crippen LogP) is 3.49. The van der Waals surface area contributed by atoms with Gasteiger partial charge in [-0.25, -0.2) is 4.79 Å². The minimum atomic E-state index is -0.549. The predicted molar refractivity (Wildman–Crippen MR) is 68.9 cm³/mol. The maximum atomic E-state index is 10.6. The summed E-state index contributed by atoms with van der Waals surface area (Å²) in [5, 5.41) is 10.2. The third kappa shape index (κ3) is 1.81. The van der Waals surface area contributed by atoms with Gasteiger partial charge in [-0.2, -0.15) is 4.99 Å². The summed E-state index contributed by atoms with van der Waals surface area (Å²) in [5.74, 6) is 0.209. The van der Waals surface area contributed by atoms with Crippen molar-refractivity contribution in [2.45, 2.75) is 38.6 Å². The molecule has 0 heterocycles. The van der Waals surface area contributed by atoms with Crippen molar-refractivity contribution in [3.8, 4) is 5.75 Å². The van der Waals surface area contributed by atoms with E-state index < -0.39 is 5.54 Å². The van der Waals surface area contributed by atoms with E-state index in [4.69, 9.17) is 0 Å². The van der Waals surface area contributed by atoms with Crippen molar-refractivity contribution in [3.63, 3.8) is 0 Å². The number of aromatic hydroxyl groups is 1. The van der Waals surface area contributed by atoms with Crippen molar-refractivity contribution < 1.29 is 9.90 Å². The van der Waals surface area contributed by atoms with Gasteiger partial charge in [-0.15, -0.1) is 0 Å². The summed E-state index contributed by atoms with van der Waals surface area (Å²) in [6.07, 6.45) is 4.26. The second-order valence-corrected chi connectivity index (χ2v) is 5.43. The van der Waals surface area contributed by atoms with E-state index in [0.717, 1.165) is 36.0 Å². The number of aliphatic imine (C=N–C) groups is 1. The van der Waals surface area contributed by atoms with Gasteiger partial charge in [0.2, 0.25) is 6.08 Å². The van der Waals surface area contributed by atoms with Gasteiger partial charge in [-0.3, -0.25) is 0 Å². The topological polar surface area (TPSA) is 49.7 Å². The number of carbonyl (C=O) groups excluding carboxylic acids is 1. The fraction of sp³-hybridized carbons (Fsp3) is 0.462. The van der Waals surface area contributed by atoms with Crippen molar-refractivity contribution in [1.29, 1.82) is 0 Å². The molecule has 1 saturated carbocycles. The molecule has 0 atom stereocenters. The van der Waals surface area contributed by atoms with Crippen LogP contribution in [0.3, 0.4) is 0 Å². The van der Waals surface area contributed by atoms with Crippen molar-refractivity contribution in [3.05, 3.63) is 27.2 Å². The number of phenols is 1. The molecule has 0 saturated heterocycles. The quantitative estimate of drug-likeness (QED) is 0.671. The molecule has 1 N–H and O–H groups in total. The Morgan fingerprint density at radius 2 is 2.06 bits per heavy atom. The summed E-state index contributed by atoms with van der Waals surface area (Å²) >= 11 is 3.37. The first-order valence-electron chi connectivity index (χ1n) is 5.60. The van der Waals surface area contributed by atoms with Crippen LogP contribution in [0.5, 0.6) is 5.75 Å². The maximum Gasteiger partial charge on any atom is 0.235 e. The van der Waals surface area contributed by atoms with Gasteiger partial charge in [-0.05, 0) is 60.2 Å². The lowest BCUT2D eigenvalue weighted by Gasteiger charge is -2.38. The Kier molecular flexibility index (Phi) is 3.11. The summed E-state index contributed by atoms with van der Waals surface area (Å²) in [7, 11) is 0. The first-order chi connectivity index (χ1) is 8.02. The number of isocyanates is 1. The van der Waals surface area contributed by atoms with Gasteiger partial charge >= 0.3 is 0 Å². The molecule has 17 heavy (non-hydrogen) atoms. The van der Waals surface area contributed by atoms with E-state index in [-0.39, 0.29) is 5.75 Å². The average Bonchev–Trinajstić information content (AvgIpc) is 2.22. The molecule has 1 aliphatic carbocycles. The van der Waals surface area contributed by atoms with Gasteiger partial charge < -0.3 is 5.11 Å². The molecule has 1 aliphatic rings. The number of nitrogens with zero attached hydrogens (tertiary/aromatic N) is 1. The Hall–Kier alpha value is -1.12. The SMILES string of the molecule is Cc1cc(C)c(C2(N=C=O)CCC2)c(O)c1Br. The fourth-order valence-corrected chi connectivity index (χ4v) is 2.86. The highest BCUT2D eigenvalue weighted by atomic mass is 79.9. The summed E-state index contributed by atoms with van der Waals surface area (Å²) in [4.78, 5) is 14.5. The van der Waals surface area contributed by atoms with E-state index in [1.54, 1.807) is 6.08 Å². The molecule has 0 unspecified atom stereocenters. The number of benzene rings is 1. The zero-order chi connectivity index (χ0) is 12.6. The molecule has 0 bridgehead atoms. The third-order valence-corrected chi connectivity index (χ3v) is 4.52. The van der Waals surface area contributed by atoms with Gasteiger partial charge in [0.1, 0.15) is 11.3 Å². The molecule has 0 amide bonds. The first kappa shape index (κ1) is 12.3. The summed E-state index contributed by atoms with van der Waals surface area (Å²) < 4.78 is 0.686. The molecule has 4 heteroatoms.